The van der Waals surface area contributed by atoms with Gasteiger partial charge in [0.1, 0.15) is 0 Å². The van der Waals surface area contributed by atoms with Crippen LogP contribution in [0.5, 0.6) is 11.5 Å². The number of rotatable bonds is 6. The van der Waals surface area contributed by atoms with Crippen LogP contribution >= 0.6 is 0 Å². The molecule has 0 unspecified atom stereocenters. The molecule has 0 aromatic heterocycles. The third-order valence-electron chi connectivity index (χ3n) is 2.67. The van der Waals surface area contributed by atoms with E-state index in [-0.39, 0.29) is 6.04 Å². The zero-order valence-electron chi connectivity index (χ0n) is 11.2. The molecule has 3 nitrogen and oxygen atoms in total. The minimum absolute atomic E-state index is 0.0323. The lowest BCUT2D eigenvalue weighted by molar-refractivity contribution is 0.287. The van der Waals surface area contributed by atoms with E-state index in [1.807, 2.05) is 32.0 Å². The molecule has 0 saturated carbocycles. The van der Waals surface area contributed by atoms with E-state index in [0.717, 1.165) is 17.1 Å². The Morgan fingerprint density at radius 3 is 2.18 bits per heavy atom. The average molecular weight is 237 g/mol. The van der Waals surface area contributed by atoms with Crippen molar-refractivity contribution in [3.8, 4) is 11.5 Å². The molecule has 2 N–H and O–H groups in total. The Morgan fingerprint density at radius 1 is 1.06 bits per heavy atom. The van der Waals surface area contributed by atoms with Crippen LogP contribution in [0.1, 0.15) is 39.3 Å². The highest BCUT2D eigenvalue weighted by Crippen LogP contribution is 2.31. The lowest BCUT2D eigenvalue weighted by Crippen LogP contribution is -2.16. The third kappa shape index (κ3) is 3.63. The molecule has 0 radical (unpaired) electrons. The highest BCUT2D eigenvalue weighted by molar-refractivity contribution is 5.44. The minimum atomic E-state index is 0.0323. The first kappa shape index (κ1) is 13.8. The first-order valence-electron chi connectivity index (χ1n) is 6.25. The summed E-state index contributed by atoms with van der Waals surface area (Å²) in [5.41, 5.74) is 7.22. The molecule has 0 heterocycles. The van der Waals surface area contributed by atoms with Crippen LogP contribution < -0.4 is 15.2 Å². The maximum Gasteiger partial charge on any atom is 0.161 e. The highest BCUT2D eigenvalue weighted by Gasteiger charge is 2.13. The molecule has 0 spiro atoms. The predicted octanol–water partition coefficient (Wildman–Crippen LogP) is 3.14. The quantitative estimate of drug-likeness (QED) is 0.826. The first-order chi connectivity index (χ1) is 8.10. The fourth-order valence-corrected chi connectivity index (χ4v) is 1.66. The summed E-state index contributed by atoms with van der Waals surface area (Å²) < 4.78 is 11.1. The van der Waals surface area contributed by atoms with Gasteiger partial charge in [0.2, 0.25) is 0 Å². The second-order valence-electron chi connectivity index (χ2n) is 4.34. The van der Waals surface area contributed by atoms with Gasteiger partial charge in [0.25, 0.3) is 0 Å². The summed E-state index contributed by atoms with van der Waals surface area (Å²) in [5.74, 6) is 1.97. The van der Waals surface area contributed by atoms with E-state index in [4.69, 9.17) is 15.2 Å². The van der Waals surface area contributed by atoms with Crippen LogP contribution in [-0.2, 0) is 0 Å². The van der Waals surface area contributed by atoms with E-state index in [1.165, 1.54) is 0 Å². The van der Waals surface area contributed by atoms with Gasteiger partial charge in [-0.05, 0) is 37.5 Å². The van der Waals surface area contributed by atoms with Crippen molar-refractivity contribution < 1.29 is 9.47 Å². The van der Waals surface area contributed by atoms with E-state index in [1.54, 1.807) is 0 Å². The van der Waals surface area contributed by atoms with Gasteiger partial charge in [0.05, 0.1) is 13.2 Å². The fourth-order valence-electron chi connectivity index (χ4n) is 1.66. The third-order valence-corrected chi connectivity index (χ3v) is 2.67. The van der Waals surface area contributed by atoms with Crippen molar-refractivity contribution in [1.82, 2.24) is 0 Å². The Bertz CT molecular complexity index is 350. The number of benzene rings is 1. The van der Waals surface area contributed by atoms with Gasteiger partial charge in [0, 0.05) is 6.04 Å². The zero-order valence-corrected chi connectivity index (χ0v) is 11.2. The molecule has 0 aliphatic carbocycles. The topological polar surface area (TPSA) is 44.5 Å². The molecule has 0 aliphatic rings. The van der Waals surface area contributed by atoms with Crippen LogP contribution in [-0.4, -0.2) is 13.2 Å². The van der Waals surface area contributed by atoms with Crippen LogP contribution in [0, 0.1) is 5.92 Å². The van der Waals surface area contributed by atoms with Crippen molar-refractivity contribution in [3.63, 3.8) is 0 Å². The van der Waals surface area contributed by atoms with E-state index in [2.05, 4.69) is 13.8 Å². The number of hydrogen-bond donors (Lipinski definition) is 1. The fraction of sp³-hybridized carbons (Fsp3) is 0.571. The molecule has 96 valence electrons. The minimum Gasteiger partial charge on any atom is -0.490 e. The van der Waals surface area contributed by atoms with Gasteiger partial charge < -0.3 is 15.2 Å². The van der Waals surface area contributed by atoms with Gasteiger partial charge in [-0.2, -0.15) is 0 Å². The first-order valence-corrected chi connectivity index (χ1v) is 6.25. The molecular weight excluding hydrogens is 214 g/mol. The SMILES string of the molecule is CCOc1ccc([C@H](N)C(C)C)cc1OCC. The molecule has 1 aromatic rings. The number of hydrogen-bond acceptors (Lipinski definition) is 3. The second kappa shape index (κ2) is 6.50. The summed E-state index contributed by atoms with van der Waals surface area (Å²) in [6, 6.07) is 5.97. The van der Waals surface area contributed by atoms with Crippen molar-refractivity contribution in [2.45, 2.75) is 33.7 Å². The summed E-state index contributed by atoms with van der Waals surface area (Å²) in [6.45, 7) is 9.41. The molecule has 0 aliphatic heterocycles. The average Bonchev–Trinajstić information content (AvgIpc) is 2.31. The summed E-state index contributed by atoms with van der Waals surface area (Å²) in [4.78, 5) is 0. The van der Waals surface area contributed by atoms with E-state index < -0.39 is 0 Å². The van der Waals surface area contributed by atoms with Crippen LogP contribution in [0.15, 0.2) is 18.2 Å². The lowest BCUT2D eigenvalue weighted by Gasteiger charge is -2.18. The normalized spacial score (nSPS) is 12.6. The van der Waals surface area contributed by atoms with Crippen molar-refractivity contribution in [1.29, 1.82) is 0 Å². The van der Waals surface area contributed by atoms with Gasteiger partial charge in [0.15, 0.2) is 11.5 Å². The van der Waals surface area contributed by atoms with Crippen molar-refractivity contribution >= 4 is 0 Å². The van der Waals surface area contributed by atoms with Gasteiger partial charge in [-0.15, -0.1) is 0 Å². The lowest BCUT2D eigenvalue weighted by atomic mass is 9.97. The Morgan fingerprint density at radius 2 is 1.65 bits per heavy atom. The van der Waals surface area contributed by atoms with Crippen molar-refractivity contribution in [2.24, 2.45) is 11.7 Å². The van der Waals surface area contributed by atoms with Gasteiger partial charge in [-0.25, -0.2) is 0 Å². The van der Waals surface area contributed by atoms with Crippen LogP contribution in [0.3, 0.4) is 0 Å². The van der Waals surface area contributed by atoms with Crippen molar-refractivity contribution in [3.05, 3.63) is 23.8 Å². The standard InChI is InChI=1S/C14H23NO2/c1-5-16-12-8-7-11(14(15)10(3)4)9-13(12)17-6-2/h7-10,14H,5-6,15H2,1-4H3/t14-/m1/s1. The maximum absolute atomic E-state index is 6.13. The molecule has 1 rings (SSSR count). The van der Waals surface area contributed by atoms with Crippen LogP contribution in [0.4, 0.5) is 0 Å². The monoisotopic (exact) mass is 237 g/mol. The summed E-state index contributed by atoms with van der Waals surface area (Å²) in [5, 5.41) is 0. The van der Waals surface area contributed by atoms with Gasteiger partial charge in [-0.1, -0.05) is 19.9 Å². The molecule has 1 aromatic carbocycles. The van der Waals surface area contributed by atoms with Crippen molar-refractivity contribution in [2.75, 3.05) is 13.2 Å². The van der Waals surface area contributed by atoms with Crippen LogP contribution in [0.25, 0.3) is 0 Å². The molecular formula is C14H23NO2. The predicted molar refractivity (Wildman–Crippen MR) is 70.5 cm³/mol. The number of ether oxygens (including phenoxy) is 2. The summed E-state index contributed by atoms with van der Waals surface area (Å²) in [7, 11) is 0. The van der Waals surface area contributed by atoms with Crippen LogP contribution in [0.2, 0.25) is 0 Å². The van der Waals surface area contributed by atoms with Gasteiger partial charge >= 0.3 is 0 Å². The Hall–Kier alpha value is -1.22. The largest absolute Gasteiger partial charge is 0.490 e. The van der Waals surface area contributed by atoms with E-state index in [9.17, 15) is 0 Å². The molecule has 17 heavy (non-hydrogen) atoms. The molecule has 0 fully saturated rings. The summed E-state index contributed by atoms with van der Waals surface area (Å²) >= 11 is 0. The molecule has 0 saturated heterocycles. The Kier molecular flexibility index (Phi) is 5.29. The van der Waals surface area contributed by atoms with E-state index in [0.29, 0.717) is 19.1 Å². The molecule has 1 atom stereocenters. The number of nitrogens with two attached hydrogens (primary N) is 1. The van der Waals surface area contributed by atoms with E-state index >= 15 is 0 Å². The maximum atomic E-state index is 6.13. The Labute approximate surface area is 104 Å². The molecule has 0 bridgehead atoms. The molecule has 0 amide bonds. The summed E-state index contributed by atoms with van der Waals surface area (Å²) in [6.07, 6.45) is 0. The highest BCUT2D eigenvalue weighted by atomic mass is 16.5. The smallest absolute Gasteiger partial charge is 0.161 e. The van der Waals surface area contributed by atoms with Gasteiger partial charge in [-0.3, -0.25) is 0 Å². The zero-order chi connectivity index (χ0) is 12.8. The molecule has 3 heteroatoms. The second-order valence-corrected chi connectivity index (χ2v) is 4.34. The Balaban J connectivity index is 3.00.